The number of phosphoric acid groups is 1. The SMILES string of the molecule is Cc1cn([C@H]2C[C@H](O)[C@@H](COP(=O)(O)O[C@H]3[C@@H](O[Si](C)(C)C(C)(C)C)[C@H](n4cnc5c(N)ncnc54)O[C@@H]3CO)O2)c(=O)[nH]c1=O. The van der Waals surface area contributed by atoms with Crippen molar-refractivity contribution in [2.45, 2.75) is 95.2 Å². The summed E-state index contributed by atoms with van der Waals surface area (Å²) < 4.78 is 45.6. The van der Waals surface area contributed by atoms with Crippen molar-refractivity contribution in [2.24, 2.45) is 0 Å². The van der Waals surface area contributed by atoms with Gasteiger partial charge in [-0.25, -0.2) is 24.3 Å². The highest BCUT2D eigenvalue weighted by molar-refractivity contribution is 7.47. The molecule has 0 bridgehead atoms. The molecule has 8 atom stereocenters. The minimum Gasteiger partial charge on any atom is -0.407 e. The number of aryl methyl sites for hydroxylation is 1. The number of nitrogens with two attached hydrogens (primary N) is 1. The summed E-state index contributed by atoms with van der Waals surface area (Å²) >= 11 is 0. The summed E-state index contributed by atoms with van der Waals surface area (Å²) in [7, 11) is -7.53. The number of hydrogen-bond donors (Lipinski definition) is 5. The van der Waals surface area contributed by atoms with Gasteiger partial charge >= 0.3 is 13.5 Å². The second-order valence-corrected chi connectivity index (χ2v) is 19.1. The van der Waals surface area contributed by atoms with Crippen molar-refractivity contribution in [3.63, 3.8) is 0 Å². The summed E-state index contributed by atoms with van der Waals surface area (Å²) in [6.07, 6.45) is -3.77. The fourth-order valence-electron chi connectivity index (χ4n) is 5.09. The van der Waals surface area contributed by atoms with E-state index < -0.39 is 83.6 Å². The first-order valence-corrected chi connectivity index (χ1v) is 19.0. The van der Waals surface area contributed by atoms with Gasteiger partial charge in [0, 0.05) is 18.2 Å². The van der Waals surface area contributed by atoms with Gasteiger partial charge in [-0.3, -0.25) is 28.0 Å². The normalized spacial score (nSPS) is 28.6. The minimum atomic E-state index is -4.92. The lowest BCUT2D eigenvalue weighted by atomic mass is 10.1. The largest absolute Gasteiger partial charge is 0.472 e. The molecule has 2 aliphatic heterocycles. The van der Waals surface area contributed by atoms with Crippen molar-refractivity contribution in [1.29, 1.82) is 0 Å². The maximum atomic E-state index is 13.4. The molecule has 3 aromatic rings. The number of nitrogens with zero attached hydrogens (tertiary/aromatic N) is 5. The van der Waals surface area contributed by atoms with Crippen LogP contribution in [-0.2, 0) is 27.5 Å². The fraction of sp³-hybridized carbons (Fsp3) is 0.654. The Bertz CT molecular complexity index is 1740. The average molecular weight is 686 g/mol. The van der Waals surface area contributed by atoms with Crippen LogP contribution >= 0.6 is 7.82 Å². The number of phosphoric ester groups is 1. The van der Waals surface area contributed by atoms with E-state index in [1.165, 1.54) is 25.8 Å². The summed E-state index contributed by atoms with van der Waals surface area (Å²) in [6.45, 7) is 10.4. The summed E-state index contributed by atoms with van der Waals surface area (Å²) in [6, 6.07) is 0. The molecule has 1 unspecified atom stereocenters. The van der Waals surface area contributed by atoms with Gasteiger partial charge in [0.15, 0.2) is 26.0 Å². The average Bonchev–Trinajstić information content (AvgIpc) is 3.64. The molecule has 2 saturated heterocycles. The van der Waals surface area contributed by atoms with E-state index in [0.717, 1.165) is 4.57 Å². The molecular weight excluding hydrogens is 645 g/mol. The highest BCUT2D eigenvalue weighted by Crippen LogP contribution is 2.51. The summed E-state index contributed by atoms with van der Waals surface area (Å²) in [5.41, 5.74) is 5.59. The number of anilines is 1. The fourth-order valence-corrected chi connectivity index (χ4v) is 7.34. The lowest BCUT2D eigenvalue weighted by molar-refractivity contribution is -0.0567. The molecule has 0 radical (unpaired) electrons. The molecule has 0 aliphatic carbocycles. The number of rotatable bonds is 10. The van der Waals surface area contributed by atoms with E-state index in [1.807, 2.05) is 33.9 Å². The number of aromatic amines is 1. The van der Waals surface area contributed by atoms with Crippen molar-refractivity contribution >= 4 is 33.1 Å². The van der Waals surface area contributed by atoms with Gasteiger partial charge in [-0.1, -0.05) is 20.8 Å². The van der Waals surface area contributed by atoms with Crippen molar-refractivity contribution in [3.05, 3.63) is 45.3 Å². The first kappa shape index (κ1) is 34.5. The van der Waals surface area contributed by atoms with Crippen LogP contribution in [-0.4, -0.2) is 96.2 Å². The zero-order valence-electron chi connectivity index (χ0n) is 26.3. The first-order valence-electron chi connectivity index (χ1n) is 14.6. The molecule has 5 rings (SSSR count). The number of hydrogen-bond acceptors (Lipinski definition) is 14. The van der Waals surface area contributed by atoms with Crippen LogP contribution in [0.1, 0.15) is 45.2 Å². The van der Waals surface area contributed by atoms with Crippen LogP contribution in [0.2, 0.25) is 18.1 Å². The Balaban J connectivity index is 1.37. The number of nitrogens with one attached hydrogen (secondary N) is 1. The van der Waals surface area contributed by atoms with Crippen LogP contribution in [0.5, 0.6) is 0 Å². The monoisotopic (exact) mass is 685 g/mol. The lowest BCUT2D eigenvalue weighted by Gasteiger charge is -2.40. The molecule has 254 valence electrons. The van der Waals surface area contributed by atoms with E-state index in [-0.39, 0.29) is 22.8 Å². The van der Waals surface area contributed by atoms with Crippen LogP contribution in [0.25, 0.3) is 11.2 Å². The van der Waals surface area contributed by atoms with Gasteiger partial charge in [-0.15, -0.1) is 0 Å². The second kappa shape index (κ2) is 12.6. The van der Waals surface area contributed by atoms with E-state index in [1.54, 1.807) is 4.57 Å². The van der Waals surface area contributed by atoms with E-state index in [9.17, 15) is 29.3 Å². The van der Waals surface area contributed by atoms with E-state index in [2.05, 4.69) is 19.9 Å². The van der Waals surface area contributed by atoms with Gasteiger partial charge in [0.05, 0.1) is 25.6 Å². The molecule has 0 spiro atoms. The number of aliphatic hydroxyl groups excluding tert-OH is 2. The standard InChI is InChI=1S/C26H40N7O11PSi/c1-13-8-32(25(37)31-23(13)36)17-7-14(35)16(41-17)10-40-45(38,39)43-19-15(9-34)42-24(20(19)44-46(5,6)26(2,3)4)33-12-30-18-21(27)28-11-29-22(18)33/h8,11-12,14-17,19-20,24,34-35H,7,9-10H2,1-6H3,(H,38,39)(H2,27,28,29)(H,31,36,37)/t14-,15+,16+,17+,19+,20+,24+/m0/s1. The third-order valence-corrected chi connectivity index (χ3v) is 14.1. The number of ether oxygens (including phenoxy) is 2. The van der Waals surface area contributed by atoms with Crippen molar-refractivity contribution < 1.29 is 42.6 Å². The third kappa shape index (κ3) is 6.75. The molecule has 46 heavy (non-hydrogen) atoms. The minimum absolute atomic E-state index is 0.0455. The Kier molecular flexibility index (Phi) is 9.48. The molecule has 6 N–H and O–H groups in total. The Morgan fingerprint density at radius 1 is 1.15 bits per heavy atom. The molecular formula is C26H40N7O11PSi. The number of nitrogen functional groups attached to an aromatic ring is 1. The molecule has 0 amide bonds. The molecule has 0 saturated carbocycles. The van der Waals surface area contributed by atoms with Crippen molar-refractivity contribution in [3.8, 4) is 0 Å². The van der Waals surface area contributed by atoms with Crippen LogP contribution in [0.4, 0.5) is 5.82 Å². The van der Waals surface area contributed by atoms with Gasteiger partial charge in [-0.05, 0) is 25.1 Å². The van der Waals surface area contributed by atoms with Crippen LogP contribution in [0.15, 0.2) is 28.4 Å². The number of aromatic nitrogens is 6. The lowest BCUT2D eigenvalue weighted by Crippen LogP contribution is -2.49. The number of fused-ring (bicyclic) bond motifs is 1. The molecule has 5 heterocycles. The zero-order chi connectivity index (χ0) is 33.8. The Morgan fingerprint density at radius 3 is 2.54 bits per heavy atom. The highest BCUT2D eigenvalue weighted by atomic mass is 31.2. The van der Waals surface area contributed by atoms with Crippen LogP contribution < -0.4 is 17.0 Å². The predicted molar refractivity (Wildman–Crippen MR) is 164 cm³/mol. The molecule has 18 nitrogen and oxygen atoms in total. The molecule has 3 aromatic heterocycles. The quantitative estimate of drug-likeness (QED) is 0.146. The second-order valence-electron chi connectivity index (χ2n) is 12.9. The van der Waals surface area contributed by atoms with E-state index >= 15 is 0 Å². The van der Waals surface area contributed by atoms with Gasteiger partial charge in [0.2, 0.25) is 0 Å². The van der Waals surface area contributed by atoms with Gasteiger partial charge < -0.3 is 34.7 Å². The number of imidazole rings is 1. The molecule has 2 aliphatic rings. The Hall–Kier alpha value is -2.84. The maximum Gasteiger partial charge on any atom is 0.472 e. The Morgan fingerprint density at radius 2 is 1.87 bits per heavy atom. The Labute approximate surface area is 264 Å². The molecule has 20 heteroatoms. The van der Waals surface area contributed by atoms with Gasteiger partial charge in [0.1, 0.15) is 42.5 Å². The van der Waals surface area contributed by atoms with Gasteiger partial charge in [0.25, 0.3) is 5.56 Å². The predicted octanol–water partition coefficient (Wildman–Crippen LogP) is 0.698. The van der Waals surface area contributed by atoms with E-state index in [0.29, 0.717) is 11.2 Å². The van der Waals surface area contributed by atoms with Crippen molar-refractivity contribution in [2.75, 3.05) is 18.9 Å². The molecule has 0 aromatic carbocycles. The van der Waals surface area contributed by atoms with Gasteiger partial charge in [-0.2, -0.15) is 0 Å². The maximum absolute atomic E-state index is 13.4. The highest BCUT2D eigenvalue weighted by Gasteiger charge is 2.54. The summed E-state index contributed by atoms with van der Waals surface area (Å²) in [5, 5.41) is 20.6. The van der Waals surface area contributed by atoms with Crippen LogP contribution in [0, 0.1) is 6.92 Å². The summed E-state index contributed by atoms with van der Waals surface area (Å²) in [5.74, 6) is 0.141. The third-order valence-electron chi connectivity index (χ3n) is 8.68. The first-order chi connectivity index (χ1) is 21.4. The zero-order valence-corrected chi connectivity index (χ0v) is 28.2. The van der Waals surface area contributed by atoms with Crippen LogP contribution in [0.3, 0.4) is 0 Å². The smallest absolute Gasteiger partial charge is 0.407 e. The number of aliphatic hydroxyl groups is 2. The topological polar surface area (TPSA) is 248 Å². The van der Waals surface area contributed by atoms with E-state index in [4.69, 9.17) is 28.7 Å². The van der Waals surface area contributed by atoms with Crippen molar-refractivity contribution in [1.82, 2.24) is 29.1 Å². The molecule has 2 fully saturated rings. The number of H-pyrrole nitrogens is 1. The summed E-state index contributed by atoms with van der Waals surface area (Å²) in [4.78, 5) is 49.6.